The molecule has 2 aliphatic rings. The van der Waals surface area contributed by atoms with Crippen molar-refractivity contribution in [2.45, 2.75) is 12.8 Å². The molecule has 0 aliphatic heterocycles. The maximum atomic E-state index is 16.0. The van der Waals surface area contributed by atoms with Gasteiger partial charge in [-0.15, -0.1) is 0 Å². The van der Waals surface area contributed by atoms with E-state index in [1.54, 1.807) is 60.7 Å². The van der Waals surface area contributed by atoms with E-state index in [1.165, 1.54) is 24.3 Å². The fraction of sp³-hybridized carbons (Fsp3) is 0.0526. The van der Waals surface area contributed by atoms with Crippen LogP contribution in [0, 0.1) is 34.9 Å². The van der Waals surface area contributed by atoms with Gasteiger partial charge in [0, 0.05) is 33.6 Å². The number of nitrogen functional groups attached to an aromatic ring is 2. The fourth-order valence-electron chi connectivity index (χ4n) is 7.11. The zero-order valence-corrected chi connectivity index (χ0v) is 23.9. The smallest absolute Gasteiger partial charge is 0.195 e. The first-order valence-electron chi connectivity index (χ1n) is 14.5. The van der Waals surface area contributed by atoms with Crippen LogP contribution < -0.4 is 11.5 Å². The predicted molar refractivity (Wildman–Crippen MR) is 168 cm³/mol. The molecule has 46 heavy (non-hydrogen) atoms. The summed E-state index contributed by atoms with van der Waals surface area (Å²) in [5.41, 5.74) is 15.9. The van der Waals surface area contributed by atoms with Crippen LogP contribution in [0.4, 0.5) is 37.7 Å². The quantitative estimate of drug-likeness (QED) is 0.117. The highest BCUT2D eigenvalue weighted by molar-refractivity contribution is 5.99. The lowest BCUT2D eigenvalue weighted by Crippen LogP contribution is -2.05. The van der Waals surface area contributed by atoms with E-state index in [9.17, 15) is 0 Å². The van der Waals surface area contributed by atoms with Crippen molar-refractivity contribution in [1.82, 2.24) is 0 Å². The van der Waals surface area contributed by atoms with Crippen molar-refractivity contribution in [2.75, 3.05) is 11.5 Å². The topological polar surface area (TPSA) is 52.0 Å². The maximum absolute atomic E-state index is 16.0. The van der Waals surface area contributed by atoms with Gasteiger partial charge in [0.2, 0.25) is 0 Å². The maximum Gasteiger partial charge on any atom is 0.195 e. The Labute approximate surface area is 259 Å². The first kappa shape index (κ1) is 28.0. The molecule has 0 heterocycles. The van der Waals surface area contributed by atoms with Crippen molar-refractivity contribution in [2.24, 2.45) is 0 Å². The number of nitrogens with two attached hydrogens (primary N) is 2. The molecule has 0 aromatic heterocycles. The Morgan fingerprint density at radius 3 is 1.11 bits per heavy atom. The molecule has 2 nitrogen and oxygen atoms in total. The van der Waals surface area contributed by atoms with Crippen molar-refractivity contribution in [3.05, 3.63) is 142 Å². The third kappa shape index (κ3) is 3.86. The lowest BCUT2D eigenvalue weighted by molar-refractivity contribution is 0.450. The first-order valence-corrected chi connectivity index (χ1v) is 14.5. The number of rotatable bonds is 3. The minimum atomic E-state index is -1.64. The molecule has 0 amide bonds. The molecule has 0 radical (unpaired) electrons. The van der Waals surface area contributed by atoms with E-state index in [-0.39, 0.29) is 79.9 Å². The van der Waals surface area contributed by atoms with Crippen molar-refractivity contribution < 1.29 is 26.3 Å². The highest BCUT2D eigenvalue weighted by Crippen LogP contribution is 2.51. The van der Waals surface area contributed by atoms with E-state index in [1.807, 2.05) is 0 Å². The van der Waals surface area contributed by atoms with Gasteiger partial charge in [0.05, 0.1) is 0 Å². The molecule has 0 unspecified atom stereocenters. The van der Waals surface area contributed by atoms with Gasteiger partial charge in [0.25, 0.3) is 0 Å². The van der Waals surface area contributed by atoms with Gasteiger partial charge in [0.1, 0.15) is 0 Å². The summed E-state index contributed by atoms with van der Waals surface area (Å²) in [6.07, 6.45) is 0.253. The highest BCUT2D eigenvalue weighted by atomic mass is 19.2. The van der Waals surface area contributed by atoms with Gasteiger partial charge < -0.3 is 11.5 Å². The van der Waals surface area contributed by atoms with Gasteiger partial charge in [-0.1, -0.05) is 60.7 Å². The Balaban J connectivity index is 1.43. The summed E-state index contributed by atoms with van der Waals surface area (Å²) in [5.74, 6) is -8.67. The zero-order chi connectivity index (χ0) is 32.0. The molecule has 8 heteroatoms. The molecule has 8 rings (SSSR count). The van der Waals surface area contributed by atoms with E-state index in [0.29, 0.717) is 22.3 Å². The second-order valence-corrected chi connectivity index (χ2v) is 11.6. The van der Waals surface area contributed by atoms with Gasteiger partial charge in [-0.05, 0) is 92.7 Å². The summed E-state index contributed by atoms with van der Waals surface area (Å²) in [6.45, 7) is 0. The third-order valence-electron chi connectivity index (χ3n) is 9.08. The zero-order valence-electron chi connectivity index (χ0n) is 23.9. The molecule has 0 atom stereocenters. The largest absolute Gasteiger partial charge is 0.399 e. The summed E-state index contributed by atoms with van der Waals surface area (Å²) in [4.78, 5) is 0. The number of fused-ring (bicyclic) bond motifs is 6. The van der Waals surface area contributed by atoms with Gasteiger partial charge in [0.15, 0.2) is 34.9 Å². The highest BCUT2D eigenvalue weighted by Gasteiger charge is 2.35. The minimum absolute atomic E-state index is 0.0439. The second kappa shape index (κ2) is 10.0. The molecule has 0 spiro atoms. The van der Waals surface area contributed by atoms with Crippen molar-refractivity contribution in [3.8, 4) is 55.6 Å². The van der Waals surface area contributed by atoms with Crippen molar-refractivity contribution in [1.29, 1.82) is 0 Å². The lowest BCUT2D eigenvalue weighted by Gasteiger charge is -2.21. The molecular formula is C38H22F6N2. The number of hydrogen-bond donors (Lipinski definition) is 2. The van der Waals surface area contributed by atoms with Crippen LogP contribution in [0.5, 0.6) is 0 Å². The normalized spacial score (nSPS) is 12.6. The van der Waals surface area contributed by atoms with E-state index in [2.05, 4.69) is 0 Å². The minimum Gasteiger partial charge on any atom is -0.399 e. The predicted octanol–water partition coefficient (Wildman–Crippen LogP) is 9.83. The standard InChI is InChI=1S/C38H22F6N2/c39-33-29-21-7-3-1-5-17(21)13-27(29)31(35(41)37(33)43)25-15-19(45)9-11-23(25)24-12-10-20(46)16-26(24)32-28-14-18-6-2-4-8-22(18)30(28)34(40)38(44)36(32)42/h1-12,15-16H,13-14,45-46H2. The summed E-state index contributed by atoms with van der Waals surface area (Å²) >= 11 is 0. The van der Waals surface area contributed by atoms with E-state index < -0.39 is 34.9 Å². The molecule has 2 aliphatic carbocycles. The van der Waals surface area contributed by atoms with Gasteiger partial charge in [-0.25, -0.2) is 26.3 Å². The number of halogens is 6. The summed E-state index contributed by atoms with van der Waals surface area (Å²) in [6, 6.07) is 22.8. The SMILES string of the molecule is Nc1ccc(-c2ccc(N)cc2-c2c(F)c(F)c(F)c3c2Cc2ccccc2-3)c(-c2c(F)c(F)c(F)c3c2Cc2ccccc2-3)c1. The molecule has 0 saturated heterocycles. The molecule has 226 valence electrons. The molecule has 6 aromatic rings. The first-order chi connectivity index (χ1) is 22.2. The fourth-order valence-corrected chi connectivity index (χ4v) is 7.11. The Bertz CT molecular complexity index is 2150. The lowest BCUT2D eigenvalue weighted by atomic mass is 9.84. The average Bonchev–Trinajstić information content (AvgIpc) is 3.62. The second-order valence-electron chi connectivity index (χ2n) is 11.6. The van der Waals surface area contributed by atoms with Crippen LogP contribution in [-0.2, 0) is 12.8 Å². The van der Waals surface area contributed by atoms with Gasteiger partial charge >= 0.3 is 0 Å². The van der Waals surface area contributed by atoms with Crippen LogP contribution in [0.25, 0.3) is 55.6 Å². The third-order valence-corrected chi connectivity index (χ3v) is 9.08. The Morgan fingerprint density at radius 2 is 0.717 bits per heavy atom. The summed E-state index contributed by atoms with van der Waals surface area (Å²) in [7, 11) is 0. The van der Waals surface area contributed by atoms with Crippen LogP contribution in [0.15, 0.2) is 84.9 Å². The van der Waals surface area contributed by atoms with E-state index in [0.717, 1.165) is 0 Å². The van der Waals surface area contributed by atoms with Crippen molar-refractivity contribution >= 4 is 11.4 Å². The van der Waals surface area contributed by atoms with Crippen molar-refractivity contribution in [3.63, 3.8) is 0 Å². The Hall–Kier alpha value is -5.50. The molecular weight excluding hydrogens is 598 g/mol. The molecule has 6 aromatic carbocycles. The average molecular weight is 621 g/mol. The van der Waals surface area contributed by atoms with E-state index in [4.69, 9.17) is 11.5 Å². The number of hydrogen-bond acceptors (Lipinski definition) is 2. The van der Waals surface area contributed by atoms with Crippen LogP contribution in [-0.4, -0.2) is 0 Å². The van der Waals surface area contributed by atoms with Crippen LogP contribution in [0.3, 0.4) is 0 Å². The Kier molecular flexibility index (Phi) is 6.09. The van der Waals surface area contributed by atoms with Gasteiger partial charge in [-0.2, -0.15) is 0 Å². The summed E-state index contributed by atoms with van der Waals surface area (Å²) in [5, 5.41) is 0. The summed E-state index contributed by atoms with van der Waals surface area (Å²) < 4.78 is 93.4. The van der Waals surface area contributed by atoms with Crippen LogP contribution in [0.1, 0.15) is 22.3 Å². The van der Waals surface area contributed by atoms with Gasteiger partial charge in [-0.3, -0.25) is 0 Å². The molecule has 0 fully saturated rings. The van der Waals surface area contributed by atoms with Crippen LogP contribution >= 0.6 is 0 Å². The molecule has 0 bridgehead atoms. The Morgan fingerprint density at radius 1 is 0.370 bits per heavy atom. The molecule has 0 saturated carbocycles. The van der Waals surface area contributed by atoms with Crippen LogP contribution in [0.2, 0.25) is 0 Å². The monoisotopic (exact) mass is 620 g/mol. The van der Waals surface area contributed by atoms with E-state index >= 15 is 26.3 Å². The number of benzene rings is 6. The number of anilines is 2. The molecule has 4 N–H and O–H groups in total.